The number of carbonyl (C=O) groups excluding carboxylic acids is 1. The Balaban J connectivity index is 1.72. The maximum Gasteiger partial charge on any atom is 0.416 e. The number of hydrogen-bond donors (Lipinski definition) is 1. The minimum atomic E-state index is -4.54. The van der Waals surface area contributed by atoms with Crippen molar-refractivity contribution in [3.05, 3.63) is 99.5 Å². The molecule has 0 spiro atoms. The molecule has 3 aromatic rings. The predicted octanol–water partition coefficient (Wildman–Crippen LogP) is 6.59. The van der Waals surface area contributed by atoms with E-state index in [0.717, 1.165) is 17.7 Å². The SMILES string of the molecule is N#C/C(=C\c1ccc(OCc2ccccc2)c(Br)c1)C(=O)Nc1cccc(C(F)(F)F)c1. The predicted molar refractivity (Wildman–Crippen MR) is 119 cm³/mol. The summed E-state index contributed by atoms with van der Waals surface area (Å²) in [6.07, 6.45) is -3.19. The van der Waals surface area contributed by atoms with Gasteiger partial charge in [0.25, 0.3) is 5.91 Å². The molecule has 0 aliphatic carbocycles. The molecule has 4 nitrogen and oxygen atoms in total. The first-order chi connectivity index (χ1) is 15.3. The van der Waals surface area contributed by atoms with Crippen LogP contribution >= 0.6 is 15.9 Å². The van der Waals surface area contributed by atoms with Crippen LogP contribution in [0.1, 0.15) is 16.7 Å². The fourth-order valence-corrected chi connectivity index (χ4v) is 3.26. The second kappa shape index (κ2) is 10.2. The van der Waals surface area contributed by atoms with Crippen LogP contribution in [0, 0.1) is 11.3 Å². The van der Waals surface area contributed by atoms with E-state index >= 15 is 0 Å². The van der Waals surface area contributed by atoms with E-state index < -0.39 is 17.6 Å². The highest BCUT2D eigenvalue weighted by Gasteiger charge is 2.30. The molecule has 3 aromatic carbocycles. The van der Waals surface area contributed by atoms with Gasteiger partial charge in [-0.05, 0) is 63.5 Å². The van der Waals surface area contributed by atoms with Crippen LogP contribution in [0.2, 0.25) is 0 Å². The molecule has 0 atom stereocenters. The zero-order valence-corrected chi connectivity index (χ0v) is 18.1. The lowest BCUT2D eigenvalue weighted by Gasteiger charge is -2.10. The average molecular weight is 501 g/mol. The van der Waals surface area contributed by atoms with E-state index in [1.165, 1.54) is 18.2 Å². The van der Waals surface area contributed by atoms with Gasteiger partial charge >= 0.3 is 6.18 Å². The summed E-state index contributed by atoms with van der Waals surface area (Å²) < 4.78 is 44.9. The van der Waals surface area contributed by atoms with Crippen LogP contribution in [-0.2, 0) is 17.6 Å². The summed E-state index contributed by atoms with van der Waals surface area (Å²) in [7, 11) is 0. The number of halogens is 4. The summed E-state index contributed by atoms with van der Waals surface area (Å²) in [5.74, 6) is -0.231. The van der Waals surface area contributed by atoms with Crippen molar-refractivity contribution in [2.24, 2.45) is 0 Å². The molecule has 1 amide bonds. The fourth-order valence-electron chi connectivity index (χ4n) is 2.75. The normalized spacial score (nSPS) is 11.5. The van der Waals surface area contributed by atoms with Gasteiger partial charge in [-0.15, -0.1) is 0 Å². The van der Waals surface area contributed by atoms with Crippen LogP contribution in [0.25, 0.3) is 6.08 Å². The van der Waals surface area contributed by atoms with Crippen molar-refractivity contribution < 1.29 is 22.7 Å². The minimum absolute atomic E-state index is 0.0585. The molecule has 0 radical (unpaired) electrons. The van der Waals surface area contributed by atoms with Gasteiger partial charge in [0.05, 0.1) is 10.0 Å². The summed E-state index contributed by atoms with van der Waals surface area (Å²) in [5.41, 5.74) is 0.331. The standard InChI is InChI=1S/C24H16BrF3N2O2/c25-21-12-17(9-10-22(21)32-15-16-5-2-1-3-6-16)11-18(14-29)23(31)30-20-8-4-7-19(13-20)24(26,27)28/h1-13H,15H2,(H,30,31)/b18-11+. The number of anilines is 1. The molecule has 0 saturated heterocycles. The molecule has 32 heavy (non-hydrogen) atoms. The number of benzene rings is 3. The molecule has 1 N–H and O–H groups in total. The van der Waals surface area contributed by atoms with Crippen molar-refractivity contribution in [3.8, 4) is 11.8 Å². The van der Waals surface area contributed by atoms with Crippen LogP contribution < -0.4 is 10.1 Å². The van der Waals surface area contributed by atoms with Crippen molar-refractivity contribution in [2.45, 2.75) is 12.8 Å². The first-order valence-electron chi connectivity index (χ1n) is 9.33. The lowest BCUT2D eigenvalue weighted by atomic mass is 10.1. The number of ether oxygens (including phenoxy) is 1. The highest BCUT2D eigenvalue weighted by Crippen LogP contribution is 2.31. The van der Waals surface area contributed by atoms with Gasteiger partial charge < -0.3 is 10.1 Å². The molecule has 0 heterocycles. The molecule has 0 aliphatic heterocycles. The third-order valence-electron chi connectivity index (χ3n) is 4.32. The Morgan fingerprint density at radius 2 is 1.81 bits per heavy atom. The van der Waals surface area contributed by atoms with Crippen LogP contribution in [0.4, 0.5) is 18.9 Å². The van der Waals surface area contributed by atoms with E-state index in [2.05, 4.69) is 21.2 Å². The monoisotopic (exact) mass is 500 g/mol. The quantitative estimate of drug-likeness (QED) is 0.306. The summed E-state index contributed by atoms with van der Waals surface area (Å²) >= 11 is 3.41. The summed E-state index contributed by atoms with van der Waals surface area (Å²) in [6.45, 7) is 0.372. The van der Waals surface area contributed by atoms with E-state index in [-0.39, 0.29) is 11.3 Å². The molecule has 162 valence electrons. The molecular formula is C24H16BrF3N2O2. The van der Waals surface area contributed by atoms with Crippen LogP contribution in [0.15, 0.2) is 82.8 Å². The van der Waals surface area contributed by atoms with Crippen molar-refractivity contribution in [1.82, 2.24) is 0 Å². The minimum Gasteiger partial charge on any atom is -0.488 e. The lowest BCUT2D eigenvalue weighted by molar-refractivity contribution is -0.137. The second-order valence-corrected chi connectivity index (χ2v) is 7.52. The first-order valence-corrected chi connectivity index (χ1v) is 10.1. The molecular weight excluding hydrogens is 485 g/mol. The number of nitriles is 1. The lowest BCUT2D eigenvalue weighted by Crippen LogP contribution is -2.14. The van der Waals surface area contributed by atoms with Gasteiger partial charge in [0.2, 0.25) is 0 Å². The molecule has 0 saturated carbocycles. The molecule has 0 aromatic heterocycles. The Morgan fingerprint density at radius 1 is 1.06 bits per heavy atom. The third-order valence-corrected chi connectivity index (χ3v) is 4.94. The maximum atomic E-state index is 12.8. The van der Waals surface area contributed by atoms with E-state index in [0.29, 0.717) is 22.4 Å². The molecule has 0 fully saturated rings. The number of nitrogens with one attached hydrogen (secondary N) is 1. The Hall–Kier alpha value is -3.57. The number of nitrogens with zero attached hydrogens (tertiary/aromatic N) is 1. The van der Waals surface area contributed by atoms with Gasteiger partial charge in [0, 0.05) is 5.69 Å². The van der Waals surface area contributed by atoms with Gasteiger partial charge in [-0.1, -0.05) is 42.5 Å². The van der Waals surface area contributed by atoms with Crippen molar-refractivity contribution in [1.29, 1.82) is 5.26 Å². The fraction of sp³-hybridized carbons (Fsp3) is 0.0833. The van der Waals surface area contributed by atoms with E-state index in [4.69, 9.17) is 4.74 Å². The van der Waals surface area contributed by atoms with Gasteiger partial charge in [-0.3, -0.25) is 4.79 Å². The topological polar surface area (TPSA) is 62.1 Å². The Labute approximate surface area is 191 Å². The molecule has 0 unspecified atom stereocenters. The zero-order valence-electron chi connectivity index (χ0n) is 16.5. The number of alkyl halides is 3. The highest BCUT2D eigenvalue weighted by molar-refractivity contribution is 9.10. The Kier molecular flexibility index (Phi) is 7.33. The molecule has 0 aliphatic rings. The number of carbonyl (C=O) groups is 1. The average Bonchev–Trinajstić information content (AvgIpc) is 2.77. The number of amides is 1. The third kappa shape index (κ3) is 6.22. The molecule has 8 heteroatoms. The highest BCUT2D eigenvalue weighted by atomic mass is 79.9. The summed E-state index contributed by atoms with van der Waals surface area (Å²) in [6, 6.07) is 20.6. The van der Waals surface area contributed by atoms with E-state index in [1.54, 1.807) is 24.3 Å². The number of rotatable bonds is 6. The van der Waals surface area contributed by atoms with Crippen molar-refractivity contribution in [3.63, 3.8) is 0 Å². The molecule has 3 rings (SSSR count). The van der Waals surface area contributed by atoms with Crippen LogP contribution in [0.5, 0.6) is 5.75 Å². The Bertz CT molecular complexity index is 1190. The maximum absolute atomic E-state index is 12.8. The van der Waals surface area contributed by atoms with Crippen molar-refractivity contribution >= 4 is 33.6 Å². The first kappa shape index (κ1) is 23.1. The smallest absolute Gasteiger partial charge is 0.416 e. The van der Waals surface area contributed by atoms with Gasteiger partial charge in [0.1, 0.15) is 24.0 Å². The zero-order chi connectivity index (χ0) is 23.1. The Morgan fingerprint density at radius 3 is 2.47 bits per heavy atom. The van der Waals surface area contributed by atoms with Gasteiger partial charge in [-0.2, -0.15) is 18.4 Å². The van der Waals surface area contributed by atoms with Gasteiger partial charge in [-0.25, -0.2) is 0 Å². The van der Waals surface area contributed by atoms with Crippen LogP contribution in [-0.4, -0.2) is 5.91 Å². The summed E-state index contributed by atoms with van der Waals surface area (Å²) in [5, 5.41) is 11.7. The van der Waals surface area contributed by atoms with Crippen LogP contribution in [0.3, 0.4) is 0 Å². The van der Waals surface area contributed by atoms with E-state index in [1.807, 2.05) is 30.3 Å². The van der Waals surface area contributed by atoms with Crippen molar-refractivity contribution in [2.75, 3.05) is 5.32 Å². The molecule has 0 bridgehead atoms. The van der Waals surface area contributed by atoms with E-state index in [9.17, 15) is 23.2 Å². The van der Waals surface area contributed by atoms with Gasteiger partial charge in [0.15, 0.2) is 0 Å². The largest absolute Gasteiger partial charge is 0.488 e. The number of hydrogen-bond acceptors (Lipinski definition) is 3. The second-order valence-electron chi connectivity index (χ2n) is 6.67. The summed E-state index contributed by atoms with van der Waals surface area (Å²) in [4.78, 5) is 12.4.